The highest BCUT2D eigenvalue weighted by atomic mass is 35.5. The zero-order chi connectivity index (χ0) is 24.8. The van der Waals surface area contributed by atoms with E-state index in [1.807, 2.05) is 19.1 Å². The van der Waals surface area contributed by atoms with Crippen molar-refractivity contribution in [2.45, 2.75) is 20.3 Å². The number of ether oxygens (including phenoxy) is 3. The van der Waals surface area contributed by atoms with E-state index in [2.05, 4.69) is 5.32 Å². The van der Waals surface area contributed by atoms with Crippen molar-refractivity contribution in [3.8, 4) is 11.5 Å². The number of anilines is 1. The van der Waals surface area contributed by atoms with Crippen molar-refractivity contribution in [3.05, 3.63) is 58.1 Å². The molecule has 0 atom stereocenters. The summed E-state index contributed by atoms with van der Waals surface area (Å²) >= 11 is 11.6. The second-order valence-electron chi connectivity index (χ2n) is 7.11. The van der Waals surface area contributed by atoms with E-state index < -0.39 is 17.8 Å². The fourth-order valence-corrected chi connectivity index (χ4v) is 3.79. The first-order valence-corrected chi connectivity index (χ1v) is 11.2. The Morgan fingerprint density at radius 1 is 1.18 bits per heavy atom. The number of esters is 1. The van der Waals surface area contributed by atoms with Crippen LogP contribution < -0.4 is 19.7 Å². The number of amides is 2. The molecule has 0 unspecified atom stereocenters. The highest BCUT2D eigenvalue weighted by Gasteiger charge is 2.34. The van der Waals surface area contributed by atoms with Gasteiger partial charge >= 0.3 is 5.97 Å². The van der Waals surface area contributed by atoms with Gasteiger partial charge in [0.05, 0.1) is 24.4 Å². The van der Waals surface area contributed by atoms with Crippen molar-refractivity contribution in [1.29, 1.82) is 0 Å². The highest BCUT2D eigenvalue weighted by molar-refractivity contribution is 7.80. The minimum atomic E-state index is -0.630. The molecule has 1 heterocycles. The molecule has 0 aromatic heterocycles. The minimum Gasteiger partial charge on any atom is -0.493 e. The molecule has 178 valence electrons. The Hall–Kier alpha value is -3.43. The largest absolute Gasteiger partial charge is 0.493 e. The molecule has 0 bridgehead atoms. The molecule has 34 heavy (non-hydrogen) atoms. The number of benzene rings is 2. The quantitative estimate of drug-likeness (QED) is 0.254. The Balaban J connectivity index is 1.92. The van der Waals surface area contributed by atoms with E-state index in [4.69, 9.17) is 38.0 Å². The summed E-state index contributed by atoms with van der Waals surface area (Å²) in [6.45, 7) is 3.58. The van der Waals surface area contributed by atoms with E-state index in [1.54, 1.807) is 19.1 Å². The van der Waals surface area contributed by atoms with Crippen molar-refractivity contribution in [1.82, 2.24) is 5.32 Å². The van der Waals surface area contributed by atoms with Gasteiger partial charge in [-0.2, -0.15) is 0 Å². The summed E-state index contributed by atoms with van der Waals surface area (Å²) in [6.07, 6.45) is 2.24. The van der Waals surface area contributed by atoms with Crippen molar-refractivity contribution in [3.63, 3.8) is 0 Å². The molecule has 2 aromatic rings. The molecule has 0 aliphatic carbocycles. The number of hydrogen-bond acceptors (Lipinski definition) is 7. The van der Waals surface area contributed by atoms with Crippen LogP contribution in [0.2, 0.25) is 5.02 Å². The number of hydrogen-bond donors (Lipinski definition) is 1. The number of carbonyl (C=O) groups is 3. The normalized spacial score (nSPS) is 14.8. The van der Waals surface area contributed by atoms with Crippen LogP contribution in [-0.4, -0.2) is 43.2 Å². The van der Waals surface area contributed by atoms with Gasteiger partial charge in [0.2, 0.25) is 0 Å². The van der Waals surface area contributed by atoms with Gasteiger partial charge in [-0.1, -0.05) is 30.7 Å². The van der Waals surface area contributed by atoms with Crippen molar-refractivity contribution in [2.24, 2.45) is 0 Å². The molecule has 3 rings (SSSR count). The van der Waals surface area contributed by atoms with Crippen LogP contribution in [0.25, 0.3) is 6.08 Å². The summed E-state index contributed by atoms with van der Waals surface area (Å²) in [5.74, 6) is -1.41. The third-order valence-electron chi connectivity index (χ3n) is 4.91. The lowest BCUT2D eigenvalue weighted by Crippen LogP contribution is -2.54. The monoisotopic (exact) mass is 502 g/mol. The van der Waals surface area contributed by atoms with Gasteiger partial charge in [-0.3, -0.25) is 19.8 Å². The predicted octanol–water partition coefficient (Wildman–Crippen LogP) is 3.68. The molecule has 1 fully saturated rings. The summed E-state index contributed by atoms with van der Waals surface area (Å²) in [4.78, 5) is 38.7. The topological polar surface area (TPSA) is 94.2 Å². The molecule has 0 saturated carbocycles. The molecule has 1 saturated heterocycles. The first-order chi connectivity index (χ1) is 16.3. The predicted molar refractivity (Wildman–Crippen MR) is 132 cm³/mol. The lowest BCUT2D eigenvalue weighted by Gasteiger charge is -2.29. The SMILES string of the molecule is CCOC(=O)COc1c(Cl)cc(/C=C2\C(=O)NC(=S)N(c3ccc(CC)cc3)C2=O)cc1OC. The van der Waals surface area contributed by atoms with E-state index in [0.29, 0.717) is 11.3 Å². The van der Waals surface area contributed by atoms with Crippen molar-refractivity contribution < 1.29 is 28.6 Å². The first-order valence-electron chi connectivity index (χ1n) is 10.4. The molecule has 0 spiro atoms. The van der Waals surface area contributed by atoms with Gasteiger partial charge in [0.25, 0.3) is 11.8 Å². The number of thiocarbonyl (C=S) groups is 1. The fourth-order valence-electron chi connectivity index (χ4n) is 3.24. The van der Waals surface area contributed by atoms with E-state index in [0.717, 1.165) is 12.0 Å². The van der Waals surface area contributed by atoms with Gasteiger partial charge in [-0.05, 0) is 67.0 Å². The van der Waals surface area contributed by atoms with E-state index >= 15 is 0 Å². The number of aryl methyl sites for hydroxylation is 1. The molecule has 8 nitrogen and oxygen atoms in total. The molecule has 2 aromatic carbocycles. The van der Waals surface area contributed by atoms with Gasteiger partial charge in [-0.25, -0.2) is 4.79 Å². The summed E-state index contributed by atoms with van der Waals surface area (Å²) < 4.78 is 15.6. The zero-order valence-electron chi connectivity index (χ0n) is 18.8. The third-order valence-corrected chi connectivity index (χ3v) is 5.47. The number of nitrogens with zero attached hydrogens (tertiary/aromatic N) is 1. The van der Waals surface area contributed by atoms with Crippen molar-refractivity contribution >= 4 is 58.5 Å². The van der Waals surface area contributed by atoms with Crippen LogP contribution in [0.1, 0.15) is 25.0 Å². The Labute approximate surface area is 207 Å². The standard InChI is InChI=1S/C24H23ClN2O6S/c1-4-14-6-8-16(9-7-14)27-23(30)17(22(29)26-24(27)34)10-15-11-18(25)21(19(12-15)31-3)33-13-20(28)32-5-2/h6-12H,4-5,13H2,1-3H3,(H,26,29,34)/b17-10+. The first kappa shape index (κ1) is 25.2. The smallest absolute Gasteiger partial charge is 0.344 e. The molecule has 10 heteroatoms. The third kappa shape index (κ3) is 5.55. The Bertz CT molecular complexity index is 1160. The van der Waals surface area contributed by atoms with Gasteiger partial charge in [0.15, 0.2) is 23.2 Å². The second kappa shape index (κ2) is 11.1. The van der Waals surface area contributed by atoms with Crippen LogP contribution in [0.3, 0.4) is 0 Å². The number of carbonyl (C=O) groups excluding carboxylic acids is 3. The summed E-state index contributed by atoms with van der Waals surface area (Å²) in [5, 5.41) is 2.67. The van der Waals surface area contributed by atoms with Crippen LogP contribution in [0.15, 0.2) is 42.0 Å². The number of rotatable bonds is 8. The Kier molecular flexibility index (Phi) is 8.25. The van der Waals surface area contributed by atoms with Crippen molar-refractivity contribution in [2.75, 3.05) is 25.2 Å². The maximum Gasteiger partial charge on any atom is 0.344 e. The lowest BCUT2D eigenvalue weighted by molar-refractivity contribution is -0.145. The minimum absolute atomic E-state index is 0.00488. The maximum absolute atomic E-state index is 13.2. The van der Waals surface area contributed by atoms with Gasteiger partial charge in [0.1, 0.15) is 5.57 Å². The summed E-state index contributed by atoms with van der Waals surface area (Å²) in [6, 6.07) is 10.4. The van der Waals surface area contributed by atoms with Crippen LogP contribution in [0.5, 0.6) is 11.5 Å². The number of nitrogens with one attached hydrogen (secondary N) is 1. The molecule has 1 N–H and O–H groups in total. The van der Waals surface area contributed by atoms with Gasteiger partial charge in [0, 0.05) is 0 Å². The summed E-state index contributed by atoms with van der Waals surface area (Å²) in [5.41, 5.74) is 1.92. The maximum atomic E-state index is 13.2. The number of methoxy groups -OCH3 is 1. The molecule has 2 amide bonds. The van der Waals surface area contributed by atoms with Crippen LogP contribution in [-0.2, 0) is 25.5 Å². The average Bonchev–Trinajstić information content (AvgIpc) is 2.81. The summed E-state index contributed by atoms with van der Waals surface area (Å²) in [7, 11) is 1.40. The molecule has 0 radical (unpaired) electrons. The van der Waals surface area contributed by atoms with E-state index in [9.17, 15) is 14.4 Å². The molecule has 1 aliphatic rings. The molecule has 1 aliphatic heterocycles. The fraction of sp³-hybridized carbons (Fsp3) is 0.250. The van der Waals surface area contributed by atoms with Gasteiger partial charge < -0.3 is 14.2 Å². The van der Waals surface area contributed by atoms with Crippen LogP contribution in [0.4, 0.5) is 5.69 Å². The Morgan fingerprint density at radius 2 is 1.88 bits per heavy atom. The molecular formula is C24H23ClN2O6S. The highest BCUT2D eigenvalue weighted by Crippen LogP contribution is 2.37. The van der Waals surface area contributed by atoms with Crippen LogP contribution >= 0.6 is 23.8 Å². The second-order valence-corrected chi connectivity index (χ2v) is 7.90. The zero-order valence-corrected chi connectivity index (χ0v) is 20.4. The van der Waals surface area contributed by atoms with E-state index in [-0.39, 0.29) is 40.4 Å². The lowest BCUT2D eigenvalue weighted by atomic mass is 10.1. The van der Waals surface area contributed by atoms with Gasteiger partial charge in [-0.15, -0.1) is 0 Å². The molecular weight excluding hydrogens is 480 g/mol. The van der Waals surface area contributed by atoms with E-state index in [1.165, 1.54) is 30.2 Å². The van der Waals surface area contributed by atoms with Crippen LogP contribution in [0, 0.1) is 0 Å². The Morgan fingerprint density at radius 3 is 2.50 bits per heavy atom. The average molecular weight is 503 g/mol. The number of halogens is 1.